The zero-order valence-electron chi connectivity index (χ0n) is 9.90. The van der Waals surface area contributed by atoms with E-state index in [9.17, 15) is 14.7 Å². The van der Waals surface area contributed by atoms with Crippen molar-refractivity contribution in [3.05, 3.63) is 29.3 Å². The molecule has 0 aliphatic carbocycles. The number of esters is 1. The van der Waals surface area contributed by atoms with E-state index in [0.29, 0.717) is 0 Å². The van der Waals surface area contributed by atoms with Crippen LogP contribution in [0.5, 0.6) is 5.75 Å². The Balaban J connectivity index is 2.58. The summed E-state index contributed by atoms with van der Waals surface area (Å²) in [4.78, 5) is 22.7. The first-order chi connectivity index (χ1) is 8.54. The number of amides is 1. The first kappa shape index (κ1) is 13.6. The minimum atomic E-state index is -0.757. The van der Waals surface area contributed by atoms with Gasteiger partial charge < -0.3 is 15.2 Å². The second-order valence-electron chi connectivity index (χ2n) is 3.58. The van der Waals surface area contributed by atoms with Crippen LogP contribution >= 0.6 is 0 Å². The van der Waals surface area contributed by atoms with Crippen LogP contribution in [-0.2, 0) is 9.53 Å². The predicted octanol–water partition coefficient (Wildman–Crippen LogP) is 0.607. The summed E-state index contributed by atoms with van der Waals surface area (Å²) in [6.07, 6.45) is 4.95. The Bertz CT molecular complexity index is 502. The van der Waals surface area contributed by atoms with Crippen LogP contribution in [0.25, 0.3) is 0 Å². The Morgan fingerprint density at radius 2 is 2.22 bits per heavy atom. The molecule has 5 heteroatoms. The maximum Gasteiger partial charge on any atom is 0.342 e. The SMILES string of the molecule is C#CCNC(=O)COC(=O)c1cc(C)ccc1O. The topological polar surface area (TPSA) is 75.6 Å². The van der Waals surface area contributed by atoms with Crippen LogP contribution < -0.4 is 5.32 Å². The van der Waals surface area contributed by atoms with Crippen LogP contribution in [0.1, 0.15) is 15.9 Å². The van der Waals surface area contributed by atoms with Crippen molar-refractivity contribution < 1.29 is 19.4 Å². The number of hydrogen-bond donors (Lipinski definition) is 2. The number of phenolic OH excluding ortho intramolecular Hbond substituents is 1. The van der Waals surface area contributed by atoms with Crippen molar-refractivity contribution in [3.8, 4) is 18.1 Å². The van der Waals surface area contributed by atoms with Crippen LogP contribution in [0.2, 0.25) is 0 Å². The van der Waals surface area contributed by atoms with Gasteiger partial charge in [0, 0.05) is 0 Å². The van der Waals surface area contributed by atoms with E-state index in [1.54, 1.807) is 13.0 Å². The number of nitrogens with one attached hydrogen (secondary N) is 1. The summed E-state index contributed by atoms with van der Waals surface area (Å²) in [5.41, 5.74) is 0.830. The summed E-state index contributed by atoms with van der Waals surface area (Å²) in [7, 11) is 0. The van der Waals surface area contributed by atoms with Crippen LogP contribution in [-0.4, -0.2) is 30.1 Å². The molecule has 0 fully saturated rings. The van der Waals surface area contributed by atoms with E-state index in [-0.39, 0.29) is 17.9 Å². The molecule has 1 amide bonds. The molecule has 0 aromatic heterocycles. The van der Waals surface area contributed by atoms with Gasteiger partial charge in [-0.1, -0.05) is 17.6 Å². The second-order valence-corrected chi connectivity index (χ2v) is 3.58. The average molecular weight is 247 g/mol. The molecule has 0 saturated heterocycles. The van der Waals surface area contributed by atoms with Crippen molar-refractivity contribution in [2.45, 2.75) is 6.92 Å². The largest absolute Gasteiger partial charge is 0.507 e. The number of carbonyl (C=O) groups is 2. The van der Waals surface area contributed by atoms with Crippen molar-refractivity contribution in [1.29, 1.82) is 0 Å². The molecule has 1 aromatic rings. The average Bonchev–Trinajstić information content (AvgIpc) is 2.36. The van der Waals surface area contributed by atoms with Crippen LogP contribution in [0.15, 0.2) is 18.2 Å². The van der Waals surface area contributed by atoms with E-state index in [2.05, 4.69) is 11.2 Å². The summed E-state index contributed by atoms with van der Waals surface area (Å²) in [5.74, 6) is 0.787. The number of terminal acetylenes is 1. The minimum absolute atomic E-state index is 0.0275. The lowest BCUT2D eigenvalue weighted by molar-refractivity contribution is -0.123. The number of aromatic hydroxyl groups is 1. The molecular formula is C13H13NO4. The van der Waals surface area contributed by atoms with Gasteiger partial charge in [0.25, 0.3) is 5.91 Å². The lowest BCUT2D eigenvalue weighted by Gasteiger charge is -2.06. The molecular weight excluding hydrogens is 234 g/mol. The zero-order valence-corrected chi connectivity index (χ0v) is 9.90. The third kappa shape index (κ3) is 3.83. The number of aryl methyl sites for hydroxylation is 1. The molecule has 0 radical (unpaired) electrons. The standard InChI is InChI=1S/C13H13NO4/c1-3-6-14-12(16)8-18-13(17)10-7-9(2)4-5-11(10)15/h1,4-5,7,15H,6,8H2,2H3,(H,14,16). The van der Waals surface area contributed by atoms with E-state index in [4.69, 9.17) is 11.2 Å². The van der Waals surface area contributed by atoms with Gasteiger partial charge >= 0.3 is 5.97 Å². The maximum absolute atomic E-state index is 11.6. The van der Waals surface area contributed by atoms with E-state index in [1.165, 1.54) is 12.1 Å². The van der Waals surface area contributed by atoms with Crippen LogP contribution in [0.4, 0.5) is 0 Å². The highest BCUT2D eigenvalue weighted by atomic mass is 16.5. The molecule has 94 valence electrons. The van der Waals surface area contributed by atoms with E-state index in [1.807, 2.05) is 0 Å². The van der Waals surface area contributed by atoms with Crippen LogP contribution in [0, 0.1) is 19.3 Å². The lowest BCUT2D eigenvalue weighted by atomic mass is 10.1. The van der Waals surface area contributed by atoms with E-state index < -0.39 is 18.5 Å². The number of rotatable bonds is 4. The zero-order chi connectivity index (χ0) is 13.5. The number of phenols is 1. The Labute approximate surface area is 105 Å². The third-order valence-corrected chi connectivity index (χ3v) is 2.09. The van der Waals surface area contributed by atoms with Crippen molar-refractivity contribution >= 4 is 11.9 Å². The van der Waals surface area contributed by atoms with Gasteiger partial charge in [0.2, 0.25) is 0 Å². The summed E-state index contributed by atoms with van der Waals surface area (Å²) in [6.45, 7) is 1.41. The molecule has 0 aliphatic heterocycles. The van der Waals surface area contributed by atoms with Gasteiger partial charge in [0.15, 0.2) is 6.61 Å². The van der Waals surface area contributed by atoms with E-state index >= 15 is 0 Å². The van der Waals surface area contributed by atoms with Gasteiger partial charge in [-0.05, 0) is 19.1 Å². The van der Waals surface area contributed by atoms with Crippen molar-refractivity contribution in [1.82, 2.24) is 5.32 Å². The Morgan fingerprint density at radius 3 is 2.89 bits per heavy atom. The molecule has 0 aliphatic rings. The molecule has 0 heterocycles. The fourth-order valence-corrected chi connectivity index (χ4v) is 1.22. The molecule has 0 atom stereocenters. The molecule has 0 saturated carbocycles. The predicted molar refractivity (Wildman–Crippen MR) is 65.0 cm³/mol. The highest BCUT2D eigenvalue weighted by Crippen LogP contribution is 2.18. The normalized spacial score (nSPS) is 9.33. The summed E-state index contributed by atoms with van der Waals surface area (Å²) in [6, 6.07) is 4.53. The lowest BCUT2D eigenvalue weighted by Crippen LogP contribution is -2.29. The molecule has 1 rings (SSSR count). The van der Waals surface area contributed by atoms with Gasteiger partial charge in [-0.25, -0.2) is 4.79 Å². The third-order valence-electron chi connectivity index (χ3n) is 2.09. The molecule has 0 unspecified atom stereocenters. The van der Waals surface area contributed by atoms with Gasteiger partial charge in [0.05, 0.1) is 6.54 Å². The molecule has 0 spiro atoms. The van der Waals surface area contributed by atoms with Gasteiger partial charge in [-0.15, -0.1) is 6.42 Å². The summed E-state index contributed by atoms with van der Waals surface area (Å²) >= 11 is 0. The van der Waals surface area contributed by atoms with Gasteiger partial charge in [-0.2, -0.15) is 0 Å². The smallest absolute Gasteiger partial charge is 0.342 e. The number of ether oxygens (including phenoxy) is 1. The van der Waals surface area contributed by atoms with Crippen molar-refractivity contribution in [3.63, 3.8) is 0 Å². The van der Waals surface area contributed by atoms with Crippen LogP contribution in [0.3, 0.4) is 0 Å². The fourth-order valence-electron chi connectivity index (χ4n) is 1.22. The first-order valence-corrected chi connectivity index (χ1v) is 5.21. The molecule has 5 nitrogen and oxygen atoms in total. The highest BCUT2D eigenvalue weighted by Gasteiger charge is 2.14. The summed E-state index contributed by atoms with van der Waals surface area (Å²) in [5, 5.41) is 11.8. The highest BCUT2D eigenvalue weighted by molar-refractivity contribution is 5.94. The molecule has 2 N–H and O–H groups in total. The molecule has 18 heavy (non-hydrogen) atoms. The monoisotopic (exact) mass is 247 g/mol. The molecule has 0 bridgehead atoms. The maximum atomic E-state index is 11.6. The van der Waals surface area contributed by atoms with Gasteiger partial charge in [-0.3, -0.25) is 4.79 Å². The Hall–Kier alpha value is -2.48. The minimum Gasteiger partial charge on any atom is -0.507 e. The first-order valence-electron chi connectivity index (χ1n) is 5.21. The van der Waals surface area contributed by atoms with Crippen molar-refractivity contribution in [2.24, 2.45) is 0 Å². The van der Waals surface area contributed by atoms with Crippen molar-refractivity contribution in [2.75, 3.05) is 13.2 Å². The van der Waals surface area contributed by atoms with Gasteiger partial charge in [0.1, 0.15) is 11.3 Å². The number of benzene rings is 1. The molecule has 1 aromatic carbocycles. The quantitative estimate of drug-likeness (QED) is 0.603. The second kappa shape index (κ2) is 6.30. The summed E-state index contributed by atoms with van der Waals surface area (Å²) < 4.78 is 4.74. The fraction of sp³-hybridized carbons (Fsp3) is 0.231. The number of hydrogen-bond acceptors (Lipinski definition) is 4. The Kier molecular flexibility index (Phi) is 4.76. The van der Waals surface area contributed by atoms with E-state index in [0.717, 1.165) is 5.56 Å². The Morgan fingerprint density at radius 1 is 1.50 bits per heavy atom. The number of carbonyl (C=O) groups excluding carboxylic acids is 2.